The average molecular weight is 530 g/mol. The van der Waals surface area contributed by atoms with Crippen molar-refractivity contribution in [3.8, 4) is 22.5 Å². The first-order valence-corrected chi connectivity index (χ1v) is 13.7. The van der Waals surface area contributed by atoms with Crippen molar-refractivity contribution in [1.29, 1.82) is 0 Å². The van der Waals surface area contributed by atoms with Gasteiger partial charge in [0, 0.05) is 18.2 Å². The maximum absolute atomic E-state index is 13.7. The Bertz CT molecular complexity index is 1470. The number of ether oxygens (including phenoxy) is 1. The molecule has 1 aliphatic rings. The molecular formula is C29H35N7O3. The van der Waals surface area contributed by atoms with Crippen LogP contribution in [0.5, 0.6) is 0 Å². The van der Waals surface area contributed by atoms with Crippen LogP contribution in [0.3, 0.4) is 0 Å². The van der Waals surface area contributed by atoms with Crippen LogP contribution in [-0.4, -0.2) is 42.6 Å². The number of carbonyl (C=O) groups excluding carboxylic acids is 1. The number of nitrogens with one attached hydrogen (secondary N) is 2. The number of anilines is 1. The van der Waals surface area contributed by atoms with E-state index < -0.39 is 6.04 Å². The van der Waals surface area contributed by atoms with Gasteiger partial charge in [-0.15, -0.1) is 10.2 Å². The molecule has 1 aliphatic heterocycles. The number of carbonyl (C=O) groups is 1. The number of aromatic amines is 1. The summed E-state index contributed by atoms with van der Waals surface area (Å²) in [6, 6.07) is 15.7. The molecule has 0 aliphatic carbocycles. The van der Waals surface area contributed by atoms with Crippen LogP contribution in [0, 0.1) is 0 Å². The summed E-state index contributed by atoms with van der Waals surface area (Å²) >= 11 is 0. The van der Waals surface area contributed by atoms with Crippen LogP contribution in [0.15, 0.2) is 53.3 Å². The van der Waals surface area contributed by atoms with Crippen LogP contribution < -0.4 is 10.9 Å². The van der Waals surface area contributed by atoms with Crippen molar-refractivity contribution in [3.63, 3.8) is 0 Å². The van der Waals surface area contributed by atoms with Gasteiger partial charge in [0.05, 0.1) is 12.3 Å². The first-order chi connectivity index (χ1) is 19.0. The second-order valence-electron chi connectivity index (χ2n) is 9.95. The van der Waals surface area contributed by atoms with Crippen molar-refractivity contribution < 1.29 is 9.53 Å². The number of hydrogen-bond donors (Lipinski definition) is 2. The monoisotopic (exact) mass is 529 g/mol. The fourth-order valence-electron chi connectivity index (χ4n) is 5.41. The van der Waals surface area contributed by atoms with Gasteiger partial charge < -0.3 is 10.1 Å². The van der Waals surface area contributed by atoms with Crippen LogP contribution in [-0.2, 0) is 22.5 Å². The van der Waals surface area contributed by atoms with Gasteiger partial charge in [0.1, 0.15) is 5.69 Å². The number of hydrogen-bond acceptors (Lipinski definition) is 7. The number of nitrogens with zero attached hydrogens (tertiary/aromatic N) is 5. The van der Waals surface area contributed by atoms with Gasteiger partial charge in [0.15, 0.2) is 6.04 Å². The lowest BCUT2D eigenvalue weighted by Gasteiger charge is -2.31. The largest absolute Gasteiger partial charge is 0.464 e. The maximum Gasteiger partial charge on any atom is 0.330 e. The SMILES string of the molecule is CCCCc1c(NCc2ccc(-c3ccccc3-c3nn[nH]n3)cc2)c(=O)n2n1C(C)CCC2C(=O)OCC. The van der Waals surface area contributed by atoms with Crippen molar-refractivity contribution in [2.75, 3.05) is 11.9 Å². The lowest BCUT2D eigenvalue weighted by atomic mass is 9.98. The number of benzene rings is 2. The molecule has 0 saturated heterocycles. The number of H-pyrrole nitrogens is 1. The minimum Gasteiger partial charge on any atom is -0.464 e. The Morgan fingerprint density at radius 1 is 1.08 bits per heavy atom. The molecule has 0 radical (unpaired) electrons. The Morgan fingerprint density at radius 3 is 2.54 bits per heavy atom. The first-order valence-electron chi connectivity index (χ1n) is 13.7. The van der Waals surface area contributed by atoms with Crippen molar-refractivity contribution in [2.24, 2.45) is 0 Å². The Hall–Kier alpha value is -4.21. The number of fused-ring (bicyclic) bond motifs is 1. The highest BCUT2D eigenvalue weighted by atomic mass is 16.5. The van der Waals surface area contributed by atoms with Crippen molar-refractivity contribution >= 4 is 11.7 Å². The van der Waals surface area contributed by atoms with E-state index in [-0.39, 0.29) is 17.6 Å². The van der Waals surface area contributed by atoms with Crippen LogP contribution >= 0.6 is 0 Å². The third kappa shape index (κ3) is 5.23. The van der Waals surface area contributed by atoms with Gasteiger partial charge in [-0.1, -0.05) is 61.9 Å². The smallest absolute Gasteiger partial charge is 0.330 e. The Morgan fingerprint density at radius 2 is 1.85 bits per heavy atom. The lowest BCUT2D eigenvalue weighted by Crippen LogP contribution is -2.38. The molecule has 10 heteroatoms. The molecular weight excluding hydrogens is 494 g/mol. The molecule has 2 aromatic carbocycles. The normalized spacial score (nSPS) is 16.6. The van der Waals surface area contributed by atoms with Crippen molar-refractivity contribution in [1.82, 2.24) is 30.0 Å². The van der Waals surface area contributed by atoms with Gasteiger partial charge in [-0.3, -0.25) is 9.48 Å². The molecule has 39 heavy (non-hydrogen) atoms. The summed E-state index contributed by atoms with van der Waals surface area (Å²) in [5, 5.41) is 17.9. The summed E-state index contributed by atoms with van der Waals surface area (Å²) in [6.45, 7) is 6.83. The van der Waals surface area contributed by atoms with E-state index in [1.165, 1.54) is 0 Å². The van der Waals surface area contributed by atoms with Crippen LogP contribution in [0.1, 0.15) is 69.8 Å². The number of aromatic nitrogens is 6. The third-order valence-electron chi connectivity index (χ3n) is 7.36. The van der Waals surface area contributed by atoms with Crippen LogP contribution in [0.2, 0.25) is 0 Å². The summed E-state index contributed by atoms with van der Waals surface area (Å²) in [6.07, 6.45) is 4.17. The van der Waals surface area contributed by atoms with Crippen LogP contribution in [0.25, 0.3) is 22.5 Å². The van der Waals surface area contributed by atoms with E-state index in [1.807, 2.05) is 28.9 Å². The minimum atomic E-state index is -0.594. The first kappa shape index (κ1) is 26.4. The van der Waals surface area contributed by atoms with Crippen LogP contribution in [0.4, 0.5) is 5.69 Å². The summed E-state index contributed by atoms with van der Waals surface area (Å²) in [7, 11) is 0. The van der Waals surface area contributed by atoms with Gasteiger partial charge >= 0.3 is 5.97 Å². The minimum absolute atomic E-state index is 0.129. The average Bonchev–Trinajstić information content (AvgIpc) is 3.59. The second kappa shape index (κ2) is 11.7. The predicted octanol–water partition coefficient (Wildman–Crippen LogP) is 4.91. The molecule has 3 heterocycles. The van der Waals surface area contributed by atoms with E-state index in [1.54, 1.807) is 11.6 Å². The zero-order valence-corrected chi connectivity index (χ0v) is 22.7. The molecule has 0 fully saturated rings. The van der Waals surface area contributed by atoms with E-state index in [0.717, 1.165) is 53.6 Å². The zero-order valence-electron chi connectivity index (χ0n) is 22.7. The Kier molecular flexibility index (Phi) is 7.90. The van der Waals surface area contributed by atoms with E-state index in [9.17, 15) is 9.59 Å². The fourth-order valence-corrected chi connectivity index (χ4v) is 5.41. The molecule has 0 spiro atoms. The topological polar surface area (TPSA) is 120 Å². The van der Waals surface area contributed by atoms with Crippen molar-refractivity contribution in [3.05, 3.63) is 70.1 Å². The van der Waals surface area contributed by atoms with Gasteiger partial charge in [-0.2, -0.15) is 5.21 Å². The number of unbranched alkanes of at least 4 members (excludes halogenated alkanes) is 1. The summed E-state index contributed by atoms with van der Waals surface area (Å²) in [4.78, 5) is 26.5. The van der Waals surface area contributed by atoms with Gasteiger partial charge in [0.25, 0.3) is 5.56 Å². The van der Waals surface area contributed by atoms with Crippen molar-refractivity contribution in [2.45, 2.75) is 71.5 Å². The highest BCUT2D eigenvalue weighted by Crippen LogP contribution is 2.33. The van der Waals surface area contributed by atoms with E-state index in [2.05, 4.69) is 64.1 Å². The molecule has 2 unspecified atom stereocenters. The van der Waals surface area contributed by atoms with Gasteiger partial charge in [-0.05, 0) is 61.4 Å². The molecule has 204 valence electrons. The lowest BCUT2D eigenvalue weighted by molar-refractivity contribution is -0.149. The highest BCUT2D eigenvalue weighted by Gasteiger charge is 2.35. The highest BCUT2D eigenvalue weighted by molar-refractivity contribution is 5.80. The number of rotatable bonds is 10. The van der Waals surface area contributed by atoms with E-state index >= 15 is 0 Å². The third-order valence-corrected chi connectivity index (χ3v) is 7.36. The maximum atomic E-state index is 13.7. The number of tetrazole rings is 1. The van der Waals surface area contributed by atoms with Gasteiger partial charge in [0.2, 0.25) is 5.82 Å². The second-order valence-corrected chi connectivity index (χ2v) is 9.95. The molecule has 5 rings (SSSR count). The molecule has 2 N–H and O–H groups in total. The molecule has 2 aromatic heterocycles. The number of esters is 1. The molecule has 10 nitrogen and oxygen atoms in total. The summed E-state index contributed by atoms with van der Waals surface area (Å²) < 4.78 is 9.00. The Labute approximate surface area is 227 Å². The van der Waals surface area contributed by atoms with E-state index in [0.29, 0.717) is 31.1 Å². The van der Waals surface area contributed by atoms with E-state index in [4.69, 9.17) is 4.74 Å². The fraction of sp³-hybridized carbons (Fsp3) is 0.414. The predicted molar refractivity (Wildman–Crippen MR) is 149 cm³/mol. The molecule has 0 bridgehead atoms. The summed E-state index contributed by atoms with van der Waals surface area (Å²) in [5.74, 6) is 0.208. The molecule has 4 aromatic rings. The molecule has 0 saturated carbocycles. The molecule has 0 amide bonds. The zero-order chi connectivity index (χ0) is 27.4. The Balaban J connectivity index is 1.42. The molecule has 2 atom stereocenters. The quantitative estimate of drug-likeness (QED) is 0.280. The standard InChI is InChI=1S/C29H35N7O3/c1-4-6-11-24-26(28(37)36-25(29(38)39-5-2)17-12-19(3)35(24)36)30-18-20-13-15-21(16-14-20)22-9-7-8-10-23(22)27-31-33-34-32-27/h7-10,13-16,19,25,30H,4-6,11-12,17-18H2,1-3H3,(H,31,32,33,34). The van der Waals surface area contributed by atoms with Gasteiger partial charge in [-0.25, -0.2) is 9.48 Å². The summed E-state index contributed by atoms with van der Waals surface area (Å²) in [5.41, 5.74) is 5.38.